The van der Waals surface area contributed by atoms with Crippen LogP contribution in [0.15, 0.2) is 6.33 Å². The van der Waals surface area contributed by atoms with Gasteiger partial charge in [0.05, 0.1) is 18.0 Å². The first-order valence-electron chi connectivity index (χ1n) is 6.36. The third-order valence-electron chi connectivity index (χ3n) is 2.66. The molecule has 2 heterocycles. The van der Waals surface area contributed by atoms with Gasteiger partial charge in [-0.15, -0.1) is 0 Å². The number of nitrogens with two attached hydrogens (primary N) is 1. The third kappa shape index (κ3) is 3.51. The molecule has 0 bridgehead atoms. The predicted octanol–water partition coefficient (Wildman–Crippen LogP) is 0.889. The Labute approximate surface area is 118 Å². The van der Waals surface area contributed by atoms with Crippen LogP contribution in [-0.4, -0.2) is 41.3 Å². The van der Waals surface area contributed by atoms with Crippen molar-refractivity contribution < 1.29 is 9.90 Å². The average Bonchev–Trinajstić information content (AvgIpc) is 2.75. The molecule has 108 valence electrons. The van der Waals surface area contributed by atoms with Crippen molar-refractivity contribution in [1.82, 2.24) is 15.3 Å². The number of carbonyl (C=O) groups is 1. The van der Waals surface area contributed by atoms with Gasteiger partial charge in [0.15, 0.2) is 0 Å². The maximum Gasteiger partial charge on any atom is 0.405 e. The first kappa shape index (κ1) is 15.6. The average molecular weight is 277 g/mol. The highest BCUT2D eigenvalue weighted by Crippen LogP contribution is 2.35. The van der Waals surface area contributed by atoms with Crippen LogP contribution in [-0.2, 0) is 0 Å². The molecule has 0 radical (unpaired) electrons. The zero-order chi connectivity index (χ0) is 15.1. The molecule has 1 unspecified atom stereocenters. The van der Waals surface area contributed by atoms with Crippen LogP contribution < -0.4 is 16.0 Å². The Kier molecular flexibility index (Phi) is 5.59. The summed E-state index contributed by atoms with van der Waals surface area (Å²) in [7, 11) is 1.91. The molecule has 2 rings (SSSR count). The van der Waals surface area contributed by atoms with Gasteiger partial charge in [-0.1, -0.05) is 25.7 Å². The SMILES string of the molecule is CC.CN1CC(C#CCNC(=O)O)c2c(N)ncnc21. The third-order valence-corrected chi connectivity index (χ3v) is 2.66. The van der Waals surface area contributed by atoms with Crippen molar-refractivity contribution in [3.05, 3.63) is 11.9 Å². The number of amides is 1. The molecule has 0 aliphatic carbocycles. The van der Waals surface area contributed by atoms with Gasteiger partial charge in [-0.05, 0) is 0 Å². The summed E-state index contributed by atoms with van der Waals surface area (Å²) < 4.78 is 0. The highest BCUT2D eigenvalue weighted by Gasteiger charge is 2.29. The van der Waals surface area contributed by atoms with Crippen LogP contribution in [0, 0.1) is 11.8 Å². The monoisotopic (exact) mass is 277 g/mol. The summed E-state index contributed by atoms with van der Waals surface area (Å²) in [4.78, 5) is 20.3. The largest absolute Gasteiger partial charge is 0.465 e. The quantitative estimate of drug-likeness (QED) is 0.658. The molecule has 0 spiro atoms. The summed E-state index contributed by atoms with van der Waals surface area (Å²) in [5.41, 5.74) is 6.64. The molecule has 0 saturated heterocycles. The van der Waals surface area contributed by atoms with Crippen LogP contribution in [0.5, 0.6) is 0 Å². The van der Waals surface area contributed by atoms with Crippen molar-refractivity contribution in [2.75, 3.05) is 30.8 Å². The molecule has 7 nitrogen and oxygen atoms in total. The lowest BCUT2D eigenvalue weighted by Crippen LogP contribution is -2.21. The van der Waals surface area contributed by atoms with E-state index in [2.05, 4.69) is 27.1 Å². The molecule has 1 aliphatic heterocycles. The van der Waals surface area contributed by atoms with E-state index in [-0.39, 0.29) is 12.5 Å². The molecule has 1 aromatic heterocycles. The molecule has 20 heavy (non-hydrogen) atoms. The predicted molar refractivity (Wildman–Crippen MR) is 77.6 cm³/mol. The summed E-state index contributed by atoms with van der Waals surface area (Å²) in [6.07, 6.45) is 0.336. The Morgan fingerprint density at radius 2 is 2.30 bits per heavy atom. The number of nitrogens with one attached hydrogen (secondary N) is 1. The highest BCUT2D eigenvalue weighted by atomic mass is 16.4. The van der Waals surface area contributed by atoms with Crippen LogP contribution in [0.1, 0.15) is 25.3 Å². The van der Waals surface area contributed by atoms with Crippen LogP contribution in [0.2, 0.25) is 0 Å². The Morgan fingerprint density at radius 1 is 1.60 bits per heavy atom. The molecule has 7 heteroatoms. The van der Waals surface area contributed by atoms with Gasteiger partial charge in [-0.25, -0.2) is 14.8 Å². The van der Waals surface area contributed by atoms with E-state index < -0.39 is 6.09 Å². The Hall–Kier alpha value is -2.49. The summed E-state index contributed by atoms with van der Waals surface area (Å²) in [6.45, 7) is 4.77. The van der Waals surface area contributed by atoms with Gasteiger partial charge in [0, 0.05) is 13.6 Å². The molecule has 4 N–H and O–H groups in total. The van der Waals surface area contributed by atoms with Crippen molar-refractivity contribution in [2.24, 2.45) is 0 Å². The lowest BCUT2D eigenvalue weighted by Gasteiger charge is -2.09. The number of hydrogen-bond acceptors (Lipinski definition) is 5. The van der Waals surface area contributed by atoms with Gasteiger partial charge in [0.2, 0.25) is 0 Å². The van der Waals surface area contributed by atoms with Crippen LogP contribution in [0.4, 0.5) is 16.4 Å². The maximum absolute atomic E-state index is 10.3. The summed E-state index contributed by atoms with van der Waals surface area (Å²) >= 11 is 0. The molecule has 0 aromatic carbocycles. The van der Waals surface area contributed by atoms with Gasteiger partial charge >= 0.3 is 6.09 Å². The minimum atomic E-state index is -1.09. The molecule has 1 amide bonds. The molecular weight excluding hydrogens is 258 g/mol. The Balaban J connectivity index is 0.000000956. The molecule has 1 atom stereocenters. The second-order valence-electron chi connectivity index (χ2n) is 3.91. The number of anilines is 2. The molecule has 1 aliphatic rings. The van der Waals surface area contributed by atoms with E-state index in [0.29, 0.717) is 12.4 Å². The van der Waals surface area contributed by atoms with E-state index in [9.17, 15) is 4.79 Å². The first-order chi connectivity index (χ1) is 9.59. The van der Waals surface area contributed by atoms with E-state index in [1.807, 2.05) is 25.8 Å². The number of nitrogens with zero attached hydrogens (tertiary/aromatic N) is 3. The second kappa shape index (κ2) is 7.19. The van der Waals surface area contributed by atoms with E-state index in [4.69, 9.17) is 10.8 Å². The zero-order valence-corrected chi connectivity index (χ0v) is 11.8. The van der Waals surface area contributed by atoms with Crippen LogP contribution in [0.3, 0.4) is 0 Å². The summed E-state index contributed by atoms with van der Waals surface area (Å²) in [6, 6.07) is 0. The molecule has 1 aromatic rings. The number of hydrogen-bond donors (Lipinski definition) is 3. The number of likely N-dealkylation sites (N-methyl/N-ethyl adjacent to an activating group) is 1. The Morgan fingerprint density at radius 3 is 2.95 bits per heavy atom. The van der Waals surface area contributed by atoms with Gasteiger partial charge in [-0.3, -0.25) is 0 Å². The van der Waals surface area contributed by atoms with Crippen molar-refractivity contribution in [3.63, 3.8) is 0 Å². The van der Waals surface area contributed by atoms with Gasteiger partial charge < -0.3 is 21.1 Å². The number of carboxylic acid groups (broad SMARTS) is 1. The lowest BCUT2D eigenvalue weighted by molar-refractivity contribution is 0.196. The zero-order valence-electron chi connectivity index (χ0n) is 11.8. The molecule has 0 fully saturated rings. The lowest BCUT2D eigenvalue weighted by atomic mass is 10.0. The normalized spacial score (nSPS) is 15.3. The van der Waals surface area contributed by atoms with E-state index in [1.54, 1.807) is 0 Å². The second-order valence-corrected chi connectivity index (χ2v) is 3.91. The Bertz CT molecular complexity index is 535. The fourth-order valence-corrected chi connectivity index (χ4v) is 1.90. The minimum absolute atomic E-state index is 0.0817. The van der Waals surface area contributed by atoms with Gasteiger partial charge in [0.25, 0.3) is 0 Å². The number of aromatic nitrogens is 2. The van der Waals surface area contributed by atoms with E-state index in [0.717, 1.165) is 11.4 Å². The smallest absolute Gasteiger partial charge is 0.405 e. The molecular formula is C13H19N5O2. The number of nitrogen functional groups attached to an aromatic ring is 1. The topological polar surface area (TPSA) is 104 Å². The number of rotatable bonds is 1. The fourth-order valence-electron chi connectivity index (χ4n) is 1.90. The van der Waals surface area contributed by atoms with Crippen molar-refractivity contribution >= 4 is 17.7 Å². The minimum Gasteiger partial charge on any atom is -0.465 e. The van der Waals surface area contributed by atoms with Crippen molar-refractivity contribution in [1.29, 1.82) is 0 Å². The highest BCUT2D eigenvalue weighted by molar-refractivity contribution is 5.66. The van der Waals surface area contributed by atoms with Crippen LogP contribution >= 0.6 is 0 Å². The van der Waals surface area contributed by atoms with Gasteiger partial charge in [0.1, 0.15) is 18.0 Å². The molecule has 0 saturated carbocycles. The van der Waals surface area contributed by atoms with E-state index >= 15 is 0 Å². The fraction of sp³-hybridized carbons (Fsp3) is 0.462. The maximum atomic E-state index is 10.3. The van der Waals surface area contributed by atoms with E-state index in [1.165, 1.54) is 6.33 Å². The number of fused-ring (bicyclic) bond motifs is 1. The van der Waals surface area contributed by atoms with Crippen molar-refractivity contribution in [3.8, 4) is 11.8 Å². The summed E-state index contributed by atoms with van der Waals surface area (Å²) in [5.74, 6) is 6.88. The summed E-state index contributed by atoms with van der Waals surface area (Å²) in [5, 5.41) is 10.6. The van der Waals surface area contributed by atoms with Crippen LogP contribution in [0.25, 0.3) is 0 Å². The first-order valence-corrected chi connectivity index (χ1v) is 6.36. The van der Waals surface area contributed by atoms with Crippen molar-refractivity contribution in [2.45, 2.75) is 19.8 Å². The standard InChI is InChI=1S/C11H13N5O2.C2H6/c1-16-5-7(3-2-4-13-11(17)18)8-9(12)14-6-15-10(8)16;1-2/h6-7,13H,4-5H2,1H3,(H,17,18)(H2,12,14,15);1-2H3. The van der Waals surface area contributed by atoms with Gasteiger partial charge in [-0.2, -0.15) is 0 Å².